The summed E-state index contributed by atoms with van der Waals surface area (Å²) in [5, 5.41) is 22.2. The molecule has 3 atom stereocenters. The molecule has 0 saturated carbocycles. The number of nitrogens with one attached hydrogen (secondary N) is 1. The quantitative estimate of drug-likeness (QED) is 0.680. The van der Waals surface area contributed by atoms with E-state index in [1.807, 2.05) is 0 Å². The molecule has 1 aromatic heterocycles. The molecule has 2 aliphatic rings. The van der Waals surface area contributed by atoms with Crippen molar-refractivity contribution in [3.05, 3.63) is 59.7 Å². The van der Waals surface area contributed by atoms with Gasteiger partial charge in [0.05, 0.1) is 24.3 Å². The molecule has 0 radical (unpaired) electrons. The van der Waals surface area contributed by atoms with Crippen LogP contribution in [-0.4, -0.2) is 45.0 Å². The lowest BCUT2D eigenvalue weighted by molar-refractivity contribution is -0.161. The van der Waals surface area contributed by atoms with Crippen molar-refractivity contribution in [1.82, 2.24) is 4.90 Å². The molecule has 1 fully saturated rings. The summed E-state index contributed by atoms with van der Waals surface area (Å²) in [5.41, 5.74) is 1.51. The highest BCUT2D eigenvalue weighted by Crippen LogP contribution is 2.47. The molecule has 28 heavy (non-hydrogen) atoms. The monoisotopic (exact) mass is 382 g/mol. The summed E-state index contributed by atoms with van der Waals surface area (Å²) in [6.07, 6.45) is 0.883. The molecule has 0 spiro atoms. The van der Waals surface area contributed by atoms with Gasteiger partial charge in [0, 0.05) is 5.69 Å². The maximum absolute atomic E-state index is 12.3. The van der Waals surface area contributed by atoms with E-state index in [-0.39, 0.29) is 23.4 Å². The van der Waals surface area contributed by atoms with Gasteiger partial charge in [-0.3, -0.25) is 9.59 Å². The van der Waals surface area contributed by atoms with Gasteiger partial charge < -0.3 is 24.8 Å². The molecule has 3 N–H and O–H groups in total. The summed E-state index contributed by atoms with van der Waals surface area (Å²) < 4.78 is 5.06. The summed E-state index contributed by atoms with van der Waals surface area (Å²) in [6, 6.07) is 9.54. The van der Waals surface area contributed by atoms with E-state index < -0.39 is 23.9 Å². The number of β-lactam (4-membered cyclic amide) rings is 1. The number of furan rings is 1. The van der Waals surface area contributed by atoms with Gasteiger partial charge in [-0.25, -0.2) is 4.79 Å². The fraction of sp³-hybridized carbons (Fsp3) is 0.250. The van der Waals surface area contributed by atoms with Gasteiger partial charge in [0.25, 0.3) is 5.91 Å². The summed E-state index contributed by atoms with van der Waals surface area (Å²) in [4.78, 5) is 37.6. The highest BCUT2D eigenvalue weighted by Gasteiger charge is 2.56. The van der Waals surface area contributed by atoms with E-state index in [4.69, 9.17) is 4.42 Å². The number of aliphatic hydroxyl groups excluding tert-OH is 1. The second-order valence-electron chi connectivity index (χ2n) is 6.89. The van der Waals surface area contributed by atoms with Gasteiger partial charge in [-0.2, -0.15) is 0 Å². The van der Waals surface area contributed by atoms with Crippen LogP contribution in [0.25, 0.3) is 5.57 Å². The number of fused-ring (bicyclic) bond motifs is 1. The molecule has 8 nitrogen and oxygen atoms in total. The third kappa shape index (κ3) is 2.78. The average molecular weight is 382 g/mol. The first kappa shape index (κ1) is 18.0. The number of carboxylic acids is 1. The van der Waals surface area contributed by atoms with Crippen LogP contribution in [-0.2, 0) is 9.59 Å². The molecule has 1 aromatic carbocycles. The Morgan fingerprint density at radius 3 is 2.71 bits per heavy atom. The Kier molecular flexibility index (Phi) is 4.27. The zero-order valence-corrected chi connectivity index (χ0v) is 15.0. The van der Waals surface area contributed by atoms with E-state index in [0.717, 1.165) is 0 Å². The predicted octanol–water partition coefficient (Wildman–Crippen LogP) is 1.94. The molecule has 0 bridgehead atoms. The van der Waals surface area contributed by atoms with E-state index in [0.29, 0.717) is 23.2 Å². The topological polar surface area (TPSA) is 120 Å². The summed E-state index contributed by atoms with van der Waals surface area (Å²) in [5.74, 6) is -2.44. The van der Waals surface area contributed by atoms with Crippen LogP contribution in [0.2, 0.25) is 0 Å². The van der Waals surface area contributed by atoms with Crippen molar-refractivity contribution in [1.29, 1.82) is 0 Å². The van der Waals surface area contributed by atoms with Crippen molar-refractivity contribution >= 4 is 29.0 Å². The van der Waals surface area contributed by atoms with Crippen molar-refractivity contribution in [3.8, 4) is 0 Å². The van der Waals surface area contributed by atoms with Crippen molar-refractivity contribution in [2.75, 3.05) is 5.32 Å². The van der Waals surface area contributed by atoms with Gasteiger partial charge in [-0.15, -0.1) is 0 Å². The summed E-state index contributed by atoms with van der Waals surface area (Å²) in [6.45, 7) is 1.53. The van der Waals surface area contributed by atoms with Crippen molar-refractivity contribution < 1.29 is 29.0 Å². The van der Waals surface area contributed by atoms with Crippen LogP contribution in [0.5, 0.6) is 0 Å². The van der Waals surface area contributed by atoms with E-state index in [9.17, 15) is 24.6 Å². The van der Waals surface area contributed by atoms with Crippen molar-refractivity contribution in [3.63, 3.8) is 0 Å². The van der Waals surface area contributed by atoms with Gasteiger partial charge in [0.1, 0.15) is 5.70 Å². The molecular weight excluding hydrogens is 364 g/mol. The number of hydrogen-bond donors (Lipinski definition) is 3. The second-order valence-corrected chi connectivity index (χ2v) is 6.89. The molecule has 0 unspecified atom stereocenters. The first-order valence-corrected chi connectivity index (χ1v) is 8.81. The average Bonchev–Trinajstić information content (AvgIpc) is 3.27. The number of carboxylic acid groups (broad SMARTS) is 1. The highest BCUT2D eigenvalue weighted by molar-refractivity contribution is 6.06. The SMILES string of the molecule is C[C@@H](O)[C@H]1C(=O)N2C(C(=O)O)=C(c3cccc(NC(=O)c4ccco4)c3)C[C@H]12. The molecule has 2 amide bonds. The lowest BCUT2D eigenvalue weighted by Gasteiger charge is -2.44. The van der Waals surface area contributed by atoms with Crippen LogP contribution < -0.4 is 5.32 Å². The Hall–Kier alpha value is -3.39. The van der Waals surface area contributed by atoms with E-state index in [1.165, 1.54) is 24.2 Å². The number of amides is 2. The maximum Gasteiger partial charge on any atom is 0.352 e. The van der Waals surface area contributed by atoms with Gasteiger partial charge in [0.2, 0.25) is 5.91 Å². The number of benzene rings is 1. The van der Waals surface area contributed by atoms with Crippen LogP contribution in [0.15, 0.2) is 52.8 Å². The largest absolute Gasteiger partial charge is 0.477 e. The summed E-state index contributed by atoms with van der Waals surface area (Å²) in [7, 11) is 0. The molecule has 0 aliphatic carbocycles. The van der Waals surface area contributed by atoms with Gasteiger partial charge in [-0.1, -0.05) is 12.1 Å². The number of nitrogens with zero attached hydrogens (tertiary/aromatic N) is 1. The van der Waals surface area contributed by atoms with Crippen LogP contribution >= 0.6 is 0 Å². The molecule has 1 saturated heterocycles. The minimum Gasteiger partial charge on any atom is -0.477 e. The maximum atomic E-state index is 12.3. The molecule has 8 heteroatoms. The number of hydrogen-bond acceptors (Lipinski definition) is 5. The molecular formula is C20H18N2O6. The molecule has 4 rings (SSSR count). The molecule has 2 aliphatic heterocycles. The standard InChI is InChI=1S/C20H18N2O6/c1-10(23)16-14-9-13(17(20(26)27)22(14)19(16)25)11-4-2-5-12(8-11)21-18(24)15-6-3-7-28-15/h2-8,10,14,16,23H,9H2,1H3,(H,21,24)(H,26,27)/t10-,14-,16-/m1/s1. The number of aliphatic carboxylic acids is 1. The zero-order chi connectivity index (χ0) is 20.0. The van der Waals surface area contributed by atoms with Crippen LogP contribution in [0, 0.1) is 5.92 Å². The fourth-order valence-electron chi connectivity index (χ4n) is 3.91. The van der Waals surface area contributed by atoms with Crippen molar-refractivity contribution in [2.24, 2.45) is 5.92 Å². The van der Waals surface area contributed by atoms with E-state index >= 15 is 0 Å². The van der Waals surface area contributed by atoms with Gasteiger partial charge in [-0.05, 0) is 48.7 Å². The fourth-order valence-corrected chi connectivity index (χ4v) is 3.91. The normalized spacial score (nSPS) is 21.9. The number of rotatable bonds is 5. The van der Waals surface area contributed by atoms with E-state index in [1.54, 1.807) is 30.3 Å². The predicted molar refractivity (Wildman–Crippen MR) is 98.1 cm³/mol. The Bertz CT molecular complexity index is 992. The van der Waals surface area contributed by atoms with Crippen LogP contribution in [0.3, 0.4) is 0 Å². The first-order valence-electron chi connectivity index (χ1n) is 8.81. The lowest BCUT2D eigenvalue weighted by atomic mass is 9.82. The number of carbonyl (C=O) groups excluding carboxylic acids is 2. The van der Waals surface area contributed by atoms with Crippen molar-refractivity contribution in [2.45, 2.75) is 25.5 Å². The Labute approximate surface area is 160 Å². The van der Waals surface area contributed by atoms with Gasteiger partial charge in [0.15, 0.2) is 5.76 Å². The Morgan fingerprint density at radius 1 is 1.29 bits per heavy atom. The Balaban J connectivity index is 1.64. The number of anilines is 1. The third-order valence-corrected chi connectivity index (χ3v) is 5.14. The smallest absolute Gasteiger partial charge is 0.352 e. The second kappa shape index (κ2) is 6.65. The number of carbonyl (C=O) groups is 3. The van der Waals surface area contributed by atoms with Gasteiger partial charge >= 0.3 is 5.97 Å². The zero-order valence-electron chi connectivity index (χ0n) is 15.0. The molecule has 2 aromatic rings. The Morgan fingerprint density at radius 2 is 2.07 bits per heavy atom. The summed E-state index contributed by atoms with van der Waals surface area (Å²) >= 11 is 0. The molecule has 3 heterocycles. The number of aliphatic hydroxyl groups is 1. The minimum absolute atomic E-state index is 0.0681. The van der Waals surface area contributed by atoms with E-state index in [2.05, 4.69) is 5.32 Å². The van der Waals surface area contributed by atoms with Crippen LogP contribution in [0.4, 0.5) is 5.69 Å². The third-order valence-electron chi connectivity index (χ3n) is 5.14. The minimum atomic E-state index is -1.19. The lowest BCUT2D eigenvalue weighted by Crippen LogP contribution is -2.61. The first-order chi connectivity index (χ1) is 13.4. The van der Waals surface area contributed by atoms with Crippen LogP contribution in [0.1, 0.15) is 29.5 Å². The highest BCUT2D eigenvalue weighted by atomic mass is 16.4. The molecule has 144 valence electrons.